The zero-order chi connectivity index (χ0) is 19.4. The second-order valence-corrected chi connectivity index (χ2v) is 4.90. The van der Waals surface area contributed by atoms with E-state index in [4.69, 9.17) is 0 Å². The van der Waals surface area contributed by atoms with Crippen molar-refractivity contribution in [1.29, 1.82) is 0 Å². The maximum Gasteiger partial charge on any atom is 0.422 e. The minimum Gasteiger partial charge on any atom is -0.454 e. The van der Waals surface area contributed by atoms with Gasteiger partial charge in [0.1, 0.15) is 0 Å². The summed E-state index contributed by atoms with van der Waals surface area (Å²) in [6.07, 6.45) is -9.15. The average Bonchev–Trinajstić information content (AvgIpc) is 2.52. The smallest absolute Gasteiger partial charge is 0.422 e. The second kappa shape index (κ2) is 7.62. The van der Waals surface area contributed by atoms with Crippen LogP contribution in [0.4, 0.5) is 43.9 Å². The van der Waals surface area contributed by atoms with Crippen molar-refractivity contribution >= 4 is 17.6 Å². The van der Waals surface area contributed by atoms with Crippen LogP contribution in [-0.4, -0.2) is 34.3 Å². The Hall–Kier alpha value is -2.79. The summed E-state index contributed by atoms with van der Waals surface area (Å²) in [6, 6.07) is 3.55. The van der Waals surface area contributed by atoms with E-state index >= 15 is 0 Å². The molecule has 0 saturated carbocycles. The van der Waals surface area contributed by atoms with E-state index in [1.165, 1.54) is 12.1 Å². The van der Waals surface area contributed by atoms with Crippen molar-refractivity contribution in [3.8, 4) is 6.01 Å². The summed E-state index contributed by atoms with van der Waals surface area (Å²) < 4.78 is 79.5. The summed E-state index contributed by atoms with van der Waals surface area (Å²) in [6.45, 7) is 0.428. The van der Waals surface area contributed by atoms with Gasteiger partial charge in [-0.1, -0.05) is 6.07 Å². The Bertz CT molecular complexity index is 749. The van der Waals surface area contributed by atoms with Gasteiger partial charge in [0.2, 0.25) is 11.9 Å². The van der Waals surface area contributed by atoms with Gasteiger partial charge in [-0.15, -0.1) is 0 Å². The Morgan fingerprint density at radius 3 is 2.31 bits per heavy atom. The lowest BCUT2D eigenvalue weighted by Gasteiger charge is -2.12. The molecule has 0 atom stereocenters. The zero-order valence-corrected chi connectivity index (χ0v) is 13.2. The third-order valence-electron chi connectivity index (χ3n) is 2.76. The molecule has 0 bridgehead atoms. The normalized spacial score (nSPS) is 12.0. The summed E-state index contributed by atoms with van der Waals surface area (Å²) in [5.41, 5.74) is -0.910. The molecule has 0 aliphatic heterocycles. The fourth-order valence-electron chi connectivity index (χ4n) is 1.76. The highest BCUT2D eigenvalue weighted by molar-refractivity contribution is 5.55. The molecular formula is C14H13F6N5O. The first-order valence-electron chi connectivity index (χ1n) is 7.20. The Labute approximate surface area is 143 Å². The Morgan fingerprint density at radius 1 is 1.00 bits per heavy atom. The molecule has 2 N–H and O–H groups in total. The van der Waals surface area contributed by atoms with Gasteiger partial charge in [0.05, 0.1) is 5.56 Å². The zero-order valence-electron chi connectivity index (χ0n) is 13.2. The number of anilines is 3. The lowest BCUT2D eigenvalue weighted by molar-refractivity contribution is -0.154. The van der Waals surface area contributed by atoms with Gasteiger partial charge >= 0.3 is 18.4 Å². The van der Waals surface area contributed by atoms with Gasteiger partial charge in [0.25, 0.3) is 0 Å². The average molecular weight is 381 g/mol. The molecule has 0 amide bonds. The minimum absolute atomic E-state index is 0.00440. The molecule has 0 spiro atoms. The molecule has 1 aromatic heterocycles. The fourth-order valence-corrected chi connectivity index (χ4v) is 1.76. The summed E-state index contributed by atoms with van der Waals surface area (Å²) >= 11 is 0. The van der Waals surface area contributed by atoms with Gasteiger partial charge in [0.15, 0.2) is 6.61 Å². The minimum atomic E-state index is -4.60. The van der Waals surface area contributed by atoms with Crippen LogP contribution >= 0.6 is 0 Å². The molecule has 0 aliphatic rings. The van der Waals surface area contributed by atoms with Gasteiger partial charge in [-0.3, -0.25) is 0 Å². The van der Waals surface area contributed by atoms with Crippen molar-refractivity contribution in [3.63, 3.8) is 0 Å². The maximum absolute atomic E-state index is 12.7. The molecule has 2 aromatic rings. The predicted octanol–water partition coefficient (Wildman–Crippen LogP) is 4.01. The topological polar surface area (TPSA) is 72.0 Å². The van der Waals surface area contributed by atoms with Crippen LogP contribution in [0, 0.1) is 0 Å². The largest absolute Gasteiger partial charge is 0.454 e. The molecule has 6 nitrogen and oxygen atoms in total. The van der Waals surface area contributed by atoms with Gasteiger partial charge in [-0.25, -0.2) is 0 Å². The lowest BCUT2D eigenvalue weighted by Crippen LogP contribution is -2.21. The molecule has 1 heterocycles. The monoisotopic (exact) mass is 381 g/mol. The number of hydrogen-bond acceptors (Lipinski definition) is 6. The highest BCUT2D eigenvalue weighted by Gasteiger charge is 2.31. The number of aromatic nitrogens is 3. The number of ether oxygens (including phenoxy) is 1. The third kappa shape index (κ3) is 5.93. The summed E-state index contributed by atoms with van der Waals surface area (Å²) in [5.74, 6) is -0.360. The van der Waals surface area contributed by atoms with Crippen LogP contribution in [-0.2, 0) is 6.18 Å². The fraction of sp³-hybridized carbons (Fsp3) is 0.357. The molecular weight excluding hydrogens is 368 g/mol. The van der Waals surface area contributed by atoms with Gasteiger partial charge in [-0.2, -0.15) is 41.3 Å². The number of rotatable bonds is 6. The Kier molecular flexibility index (Phi) is 5.73. The SMILES string of the molecule is CCNc1nc(Nc2cccc(C(F)(F)F)c2)nc(OCC(F)(F)F)n1. The molecule has 0 unspecified atom stereocenters. The van der Waals surface area contributed by atoms with Gasteiger partial charge < -0.3 is 15.4 Å². The second-order valence-electron chi connectivity index (χ2n) is 4.90. The molecule has 0 saturated heterocycles. The van der Waals surface area contributed by atoms with E-state index in [9.17, 15) is 26.3 Å². The van der Waals surface area contributed by atoms with E-state index in [2.05, 4.69) is 30.3 Å². The van der Waals surface area contributed by atoms with Gasteiger partial charge in [-0.05, 0) is 25.1 Å². The molecule has 1 aromatic carbocycles. The van der Waals surface area contributed by atoms with Crippen LogP contribution in [0.15, 0.2) is 24.3 Å². The molecule has 2 rings (SSSR count). The van der Waals surface area contributed by atoms with Crippen LogP contribution in [0.3, 0.4) is 0 Å². The maximum atomic E-state index is 12.7. The van der Waals surface area contributed by atoms with E-state index in [0.717, 1.165) is 12.1 Å². The first kappa shape index (κ1) is 19.5. The summed E-state index contributed by atoms with van der Waals surface area (Å²) in [7, 11) is 0. The van der Waals surface area contributed by atoms with Gasteiger partial charge in [0, 0.05) is 12.2 Å². The first-order valence-corrected chi connectivity index (χ1v) is 7.20. The highest BCUT2D eigenvalue weighted by Crippen LogP contribution is 2.31. The van der Waals surface area contributed by atoms with Crippen LogP contribution in [0.5, 0.6) is 6.01 Å². The molecule has 0 fully saturated rings. The Balaban J connectivity index is 2.26. The summed E-state index contributed by atoms with van der Waals surface area (Å²) in [5, 5.41) is 5.15. The highest BCUT2D eigenvalue weighted by atomic mass is 19.4. The number of nitrogens with zero attached hydrogens (tertiary/aromatic N) is 3. The van der Waals surface area contributed by atoms with Crippen molar-refractivity contribution in [2.75, 3.05) is 23.8 Å². The first-order chi connectivity index (χ1) is 12.1. The summed E-state index contributed by atoms with van der Waals surface area (Å²) in [4.78, 5) is 11.1. The van der Waals surface area contributed by atoms with E-state index in [0.29, 0.717) is 6.54 Å². The number of nitrogens with one attached hydrogen (secondary N) is 2. The number of hydrogen-bond donors (Lipinski definition) is 2. The van der Waals surface area contributed by atoms with Crippen LogP contribution in [0.25, 0.3) is 0 Å². The number of alkyl halides is 6. The van der Waals surface area contributed by atoms with E-state index in [1.807, 2.05) is 0 Å². The quantitative estimate of drug-likeness (QED) is 0.737. The van der Waals surface area contributed by atoms with E-state index in [-0.39, 0.29) is 17.6 Å². The van der Waals surface area contributed by atoms with Crippen molar-refractivity contribution in [1.82, 2.24) is 15.0 Å². The van der Waals surface area contributed by atoms with E-state index < -0.39 is 30.5 Å². The standard InChI is InChI=1S/C14H13F6N5O/c1-2-21-10-23-11(25-12(24-10)26-7-13(15,16)17)22-9-5-3-4-8(6-9)14(18,19)20/h3-6H,2,7H2,1H3,(H2,21,22,23,24,25). The molecule has 0 radical (unpaired) electrons. The lowest BCUT2D eigenvalue weighted by atomic mass is 10.2. The number of benzene rings is 1. The van der Waals surface area contributed by atoms with Crippen LogP contribution in [0.1, 0.15) is 12.5 Å². The molecule has 142 valence electrons. The van der Waals surface area contributed by atoms with Crippen molar-refractivity contribution in [2.24, 2.45) is 0 Å². The molecule has 0 aliphatic carbocycles. The molecule has 12 heteroatoms. The predicted molar refractivity (Wildman–Crippen MR) is 80.3 cm³/mol. The van der Waals surface area contributed by atoms with Crippen molar-refractivity contribution < 1.29 is 31.1 Å². The van der Waals surface area contributed by atoms with Crippen molar-refractivity contribution in [2.45, 2.75) is 19.3 Å². The van der Waals surface area contributed by atoms with Crippen LogP contribution in [0.2, 0.25) is 0 Å². The number of halogens is 6. The van der Waals surface area contributed by atoms with Crippen molar-refractivity contribution in [3.05, 3.63) is 29.8 Å². The van der Waals surface area contributed by atoms with Crippen LogP contribution < -0.4 is 15.4 Å². The molecule has 26 heavy (non-hydrogen) atoms. The Morgan fingerprint density at radius 2 is 1.69 bits per heavy atom. The van der Waals surface area contributed by atoms with E-state index in [1.54, 1.807) is 6.92 Å². The third-order valence-corrected chi connectivity index (χ3v) is 2.76.